The molecule has 3 aromatic rings. The minimum atomic E-state index is -1.31. The predicted octanol–water partition coefficient (Wildman–Crippen LogP) is 9.24. The summed E-state index contributed by atoms with van der Waals surface area (Å²) >= 11 is 0. The fourth-order valence-corrected chi connectivity index (χ4v) is 5.25. The monoisotopic (exact) mass is 562 g/mol. The van der Waals surface area contributed by atoms with Crippen molar-refractivity contribution in [2.45, 2.75) is 64.9 Å². The van der Waals surface area contributed by atoms with Crippen molar-refractivity contribution in [2.75, 3.05) is 6.61 Å². The Labute approximate surface area is 230 Å². The molecule has 0 aliphatic heterocycles. The molecule has 0 spiro atoms. The summed E-state index contributed by atoms with van der Waals surface area (Å²) in [6.45, 7) is 3.59. The fraction of sp³-hybridized carbons (Fsp3) is 0.375. The molecule has 0 saturated carbocycles. The maximum Gasteiger partial charge on any atom is 0.201 e. The van der Waals surface area contributed by atoms with Crippen molar-refractivity contribution in [3.63, 3.8) is 0 Å². The molecule has 8 heteroatoms. The van der Waals surface area contributed by atoms with Crippen LogP contribution in [0.25, 0.3) is 16.7 Å². The summed E-state index contributed by atoms with van der Waals surface area (Å²) in [5.74, 6) is -7.12. The van der Waals surface area contributed by atoms with E-state index >= 15 is 0 Å². The number of aliphatic hydroxyl groups excluding tert-OH is 1. The molecular weight excluding hydrogens is 530 g/mol. The van der Waals surface area contributed by atoms with Crippen molar-refractivity contribution >= 4 is 5.57 Å². The molecule has 0 saturated heterocycles. The summed E-state index contributed by atoms with van der Waals surface area (Å²) in [4.78, 5) is 0. The van der Waals surface area contributed by atoms with E-state index in [1.165, 1.54) is 30.3 Å². The number of rotatable bonds is 10. The first kappa shape index (κ1) is 29.7. The summed E-state index contributed by atoms with van der Waals surface area (Å²) < 4.78 is 93.1. The van der Waals surface area contributed by atoms with Gasteiger partial charge in [-0.3, -0.25) is 0 Å². The van der Waals surface area contributed by atoms with Crippen LogP contribution in [0.1, 0.15) is 75.2 Å². The smallest absolute Gasteiger partial charge is 0.201 e. The number of aryl methyl sites for hydroxylation is 1. The molecule has 214 valence electrons. The SMILES string of the molecule is CCCC(O)c1ccc(C2=CCC(CCc3ccc(-c4ccc(OCC)c(F)c4F)c(F)c3F)CC2)c(F)c1F. The van der Waals surface area contributed by atoms with Crippen molar-refractivity contribution in [3.8, 4) is 16.9 Å². The predicted molar refractivity (Wildman–Crippen MR) is 143 cm³/mol. The molecular formula is C32H32F6O2. The second-order valence-electron chi connectivity index (χ2n) is 10.1. The van der Waals surface area contributed by atoms with Crippen molar-refractivity contribution in [1.82, 2.24) is 0 Å². The van der Waals surface area contributed by atoms with E-state index in [9.17, 15) is 31.4 Å². The van der Waals surface area contributed by atoms with Crippen LogP contribution in [0.15, 0.2) is 42.5 Å². The van der Waals surface area contributed by atoms with Crippen LogP contribution >= 0.6 is 0 Å². The van der Waals surface area contributed by atoms with Gasteiger partial charge in [0.25, 0.3) is 0 Å². The average molecular weight is 563 g/mol. The molecule has 0 bridgehead atoms. The third-order valence-electron chi connectivity index (χ3n) is 7.52. The Morgan fingerprint density at radius 3 is 2.10 bits per heavy atom. The van der Waals surface area contributed by atoms with Gasteiger partial charge in [-0.15, -0.1) is 0 Å². The summed E-state index contributed by atoms with van der Waals surface area (Å²) in [6.07, 6.45) is 4.24. The van der Waals surface area contributed by atoms with Gasteiger partial charge in [-0.25, -0.2) is 22.0 Å². The van der Waals surface area contributed by atoms with E-state index < -0.39 is 46.6 Å². The van der Waals surface area contributed by atoms with Gasteiger partial charge in [0.2, 0.25) is 5.82 Å². The molecule has 40 heavy (non-hydrogen) atoms. The largest absolute Gasteiger partial charge is 0.491 e. The number of ether oxygens (including phenoxy) is 1. The number of benzene rings is 3. The van der Waals surface area contributed by atoms with Crippen LogP contribution < -0.4 is 4.74 Å². The van der Waals surface area contributed by atoms with Gasteiger partial charge < -0.3 is 9.84 Å². The zero-order chi connectivity index (χ0) is 29.0. The number of aliphatic hydroxyl groups is 1. The molecule has 4 rings (SSSR count). The summed E-state index contributed by atoms with van der Waals surface area (Å²) in [5.41, 5.74) is 0.143. The van der Waals surface area contributed by atoms with Gasteiger partial charge in [-0.05, 0) is 74.6 Å². The second kappa shape index (κ2) is 12.9. The zero-order valence-electron chi connectivity index (χ0n) is 22.5. The molecule has 0 fully saturated rings. The highest BCUT2D eigenvalue weighted by Gasteiger charge is 2.24. The molecule has 0 aromatic heterocycles. The lowest BCUT2D eigenvalue weighted by molar-refractivity contribution is 0.160. The Morgan fingerprint density at radius 2 is 1.45 bits per heavy atom. The number of hydrogen-bond donors (Lipinski definition) is 1. The van der Waals surface area contributed by atoms with E-state index in [0.717, 1.165) is 6.07 Å². The van der Waals surface area contributed by atoms with Gasteiger partial charge in [0.15, 0.2) is 34.8 Å². The van der Waals surface area contributed by atoms with E-state index in [0.29, 0.717) is 44.1 Å². The normalized spacial score (nSPS) is 16.1. The number of allylic oxidation sites excluding steroid dienone is 2. The van der Waals surface area contributed by atoms with Gasteiger partial charge in [-0.2, -0.15) is 4.39 Å². The Kier molecular flexibility index (Phi) is 9.61. The highest BCUT2D eigenvalue weighted by atomic mass is 19.2. The van der Waals surface area contributed by atoms with E-state index in [-0.39, 0.29) is 46.9 Å². The van der Waals surface area contributed by atoms with Crippen LogP contribution in [-0.4, -0.2) is 11.7 Å². The first-order valence-corrected chi connectivity index (χ1v) is 13.6. The van der Waals surface area contributed by atoms with Crippen LogP contribution in [0, 0.1) is 40.8 Å². The lowest BCUT2D eigenvalue weighted by Gasteiger charge is -2.23. The standard InChI is InChI=1S/C32H32F6O2/c1-3-5-25(39)24-15-14-21(28(34)31(24)37)19-9-6-18(7-10-19)8-11-20-12-13-22(29(35)27(20)33)23-16-17-26(40-4-2)32(38)30(23)36/h9,12-18,25,39H,3-8,10-11H2,1-2H3. The van der Waals surface area contributed by atoms with Crippen LogP contribution in [0.2, 0.25) is 0 Å². The first-order valence-electron chi connectivity index (χ1n) is 13.6. The molecule has 3 aromatic carbocycles. The van der Waals surface area contributed by atoms with Gasteiger partial charge in [0, 0.05) is 22.3 Å². The Balaban J connectivity index is 1.43. The summed E-state index contributed by atoms with van der Waals surface area (Å²) in [6, 6.07) is 7.87. The van der Waals surface area contributed by atoms with Crippen LogP contribution in [0.4, 0.5) is 26.3 Å². The van der Waals surface area contributed by atoms with Gasteiger partial charge in [0.05, 0.1) is 12.7 Å². The van der Waals surface area contributed by atoms with Crippen molar-refractivity contribution in [1.29, 1.82) is 0 Å². The first-order chi connectivity index (χ1) is 19.2. The molecule has 0 amide bonds. The van der Waals surface area contributed by atoms with Gasteiger partial charge in [0.1, 0.15) is 0 Å². The highest BCUT2D eigenvalue weighted by molar-refractivity contribution is 5.68. The number of hydrogen-bond acceptors (Lipinski definition) is 2. The number of halogens is 6. The quantitative estimate of drug-likeness (QED) is 0.250. The van der Waals surface area contributed by atoms with Crippen LogP contribution in [-0.2, 0) is 6.42 Å². The lowest BCUT2D eigenvalue weighted by atomic mass is 9.83. The third-order valence-corrected chi connectivity index (χ3v) is 7.52. The minimum absolute atomic E-state index is 0.0481. The lowest BCUT2D eigenvalue weighted by Crippen LogP contribution is -2.10. The minimum Gasteiger partial charge on any atom is -0.491 e. The van der Waals surface area contributed by atoms with E-state index in [1.54, 1.807) is 6.92 Å². The van der Waals surface area contributed by atoms with Crippen LogP contribution in [0.5, 0.6) is 5.75 Å². The molecule has 0 heterocycles. The average Bonchev–Trinajstić information content (AvgIpc) is 2.94. The maximum atomic E-state index is 14.9. The molecule has 0 radical (unpaired) electrons. The van der Waals surface area contributed by atoms with E-state index in [4.69, 9.17) is 4.74 Å². The summed E-state index contributed by atoms with van der Waals surface area (Å²) in [5, 5.41) is 10.1. The second-order valence-corrected chi connectivity index (χ2v) is 10.1. The fourth-order valence-electron chi connectivity index (χ4n) is 5.25. The van der Waals surface area contributed by atoms with E-state index in [1.807, 2.05) is 13.0 Å². The summed E-state index contributed by atoms with van der Waals surface area (Å²) in [7, 11) is 0. The Bertz CT molecular complexity index is 1400. The van der Waals surface area contributed by atoms with E-state index in [2.05, 4.69) is 0 Å². The molecule has 1 aliphatic carbocycles. The van der Waals surface area contributed by atoms with Crippen LogP contribution in [0.3, 0.4) is 0 Å². The molecule has 2 atom stereocenters. The highest BCUT2D eigenvalue weighted by Crippen LogP contribution is 2.37. The van der Waals surface area contributed by atoms with Crippen molar-refractivity contribution < 1.29 is 36.2 Å². The maximum absolute atomic E-state index is 14.9. The Hall–Kier alpha value is -3.26. The molecule has 2 unspecified atom stereocenters. The van der Waals surface area contributed by atoms with Crippen molar-refractivity contribution in [3.05, 3.63) is 94.1 Å². The molecule has 1 aliphatic rings. The Morgan fingerprint density at radius 1 is 0.800 bits per heavy atom. The van der Waals surface area contributed by atoms with Gasteiger partial charge in [-0.1, -0.05) is 43.7 Å². The van der Waals surface area contributed by atoms with Crippen molar-refractivity contribution in [2.24, 2.45) is 5.92 Å². The molecule has 2 nitrogen and oxygen atoms in total. The molecule has 1 N–H and O–H groups in total. The third kappa shape index (κ3) is 6.07. The zero-order valence-corrected chi connectivity index (χ0v) is 22.5. The van der Waals surface area contributed by atoms with Gasteiger partial charge >= 0.3 is 0 Å². The topological polar surface area (TPSA) is 29.5 Å².